The van der Waals surface area contributed by atoms with Gasteiger partial charge >= 0.3 is 11.9 Å². The molecule has 0 spiro atoms. The van der Waals surface area contributed by atoms with Gasteiger partial charge in [-0.2, -0.15) is 10.1 Å². The molecule has 1 heterocycles. The Labute approximate surface area is 56.5 Å². The summed E-state index contributed by atoms with van der Waals surface area (Å²) >= 11 is 0. The predicted octanol–water partition coefficient (Wildman–Crippen LogP) is -2.15. The Bertz CT molecular complexity index is 201. The van der Waals surface area contributed by atoms with E-state index in [4.69, 9.17) is 10.8 Å². The fourth-order valence-corrected chi connectivity index (χ4v) is 0.357. The van der Waals surface area contributed by atoms with Gasteiger partial charge in [0.1, 0.15) is 0 Å². The SMILES string of the molecule is N#CC(=[N+]=[N-])[C]1[N][N][N][N]1. The molecule has 10 heavy (non-hydrogen) atoms. The highest BCUT2D eigenvalue weighted by Gasteiger charge is 2.33. The summed E-state index contributed by atoms with van der Waals surface area (Å²) in [5.74, 6) is 0. The smallest absolute Gasteiger partial charge is 0.360 e. The quantitative estimate of drug-likeness (QED) is 0.227. The van der Waals surface area contributed by atoms with Crippen molar-refractivity contribution in [1.29, 1.82) is 5.26 Å². The Morgan fingerprint density at radius 2 is 2.10 bits per heavy atom. The lowest BCUT2D eigenvalue weighted by Gasteiger charge is -1.85. The molecule has 47 valence electrons. The highest BCUT2D eigenvalue weighted by molar-refractivity contribution is 6.03. The topological polar surface area (TPSA) is 117 Å². The maximum absolute atomic E-state index is 8.22. The minimum absolute atomic E-state index is 0.0787. The maximum Gasteiger partial charge on any atom is 0.412 e. The first kappa shape index (κ1) is 6.82. The van der Waals surface area contributed by atoms with Gasteiger partial charge in [0.15, 0.2) is 6.07 Å². The zero-order valence-corrected chi connectivity index (χ0v) is 4.63. The molecule has 1 aliphatic heterocycles. The predicted molar refractivity (Wildman–Crippen MR) is 26.0 cm³/mol. The summed E-state index contributed by atoms with van der Waals surface area (Å²) in [6.45, 7) is 0. The third kappa shape index (κ3) is 1.16. The third-order valence-electron chi connectivity index (χ3n) is 0.737. The van der Waals surface area contributed by atoms with Crippen molar-refractivity contribution in [2.45, 2.75) is 0 Å². The Morgan fingerprint density at radius 1 is 1.50 bits per heavy atom. The molecule has 0 bridgehead atoms. The largest absolute Gasteiger partial charge is 0.412 e. The molecular weight excluding hydrogens is 134 g/mol. The molecule has 0 N–H and O–H groups in total. The first-order valence-electron chi connectivity index (χ1n) is 2.19. The van der Waals surface area contributed by atoms with Crippen LogP contribution >= 0.6 is 0 Å². The molecule has 0 atom stereocenters. The lowest BCUT2D eigenvalue weighted by Crippen LogP contribution is -2.22. The number of nitriles is 1. The van der Waals surface area contributed by atoms with E-state index < -0.39 is 0 Å². The number of hydrogen-bond donors (Lipinski definition) is 0. The van der Waals surface area contributed by atoms with Gasteiger partial charge in [-0.25, -0.2) is 0 Å². The van der Waals surface area contributed by atoms with Gasteiger partial charge < -0.3 is 5.53 Å². The van der Waals surface area contributed by atoms with E-state index in [1.807, 2.05) is 0 Å². The van der Waals surface area contributed by atoms with Crippen molar-refractivity contribution >= 4 is 5.71 Å². The van der Waals surface area contributed by atoms with Gasteiger partial charge in [-0.3, -0.25) is 0 Å². The molecule has 0 aliphatic carbocycles. The van der Waals surface area contributed by atoms with Crippen molar-refractivity contribution in [3.8, 4) is 6.07 Å². The van der Waals surface area contributed by atoms with Gasteiger partial charge in [0.25, 0.3) is 0 Å². The normalized spacial score (nSPS) is 17.9. The van der Waals surface area contributed by atoms with Crippen LogP contribution in [0.2, 0.25) is 0 Å². The third-order valence-corrected chi connectivity index (χ3v) is 0.737. The van der Waals surface area contributed by atoms with Gasteiger partial charge in [0.05, 0.1) is 0 Å². The highest BCUT2D eigenvalue weighted by atomic mass is 15.8. The van der Waals surface area contributed by atoms with Crippen LogP contribution in [0.1, 0.15) is 0 Å². The lowest BCUT2D eigenvalue weighted by atomic mass is 10.3. The fraction of sp³-hybridized carbons (Fsp3) is 0. The average molecular weight is 134 g/mol. The van der Waals surface area contributed by atoms with Crippen molar-refractivity contribution in [2.75, 3.05) is 0 Å². The van der Waals surface area contributed by atoms with Gasteiger partial charge in [0, 0.05) is 0 Å². The van der Waals surface area contributed by atoms with Crippen LogP contribution in [-0.4, -0.2) is 10.5 Å². The average Bonchev–Trinajstić information content (AvgIpc) is 2.43. The minimum atomic E-state index is -0.301. The summed E-state index contributed by atoms with van der Waals surface area (Å²) in [7, 11) is 0. The van der Waals surface area contributed by atoms with Gasteiger partial charge in [-0.1, -0.05) is 10.9 Å². The molecule has 1 saturated heterocycles. The van der Waals surface area contributed by atoms with Crippen LogP contribution in [0.25, 0.3) is 5.53 Å². The molecule has 1 aliphatic rings. The van der Waals surface area contributed by atoms with Crippen molar-refractivity contribution in [2.24, 2.45) is 0 Å². The van der Waals surface area contributed by atoms with E-state index in [1.165, 1.54) is 0 Å². The van der Waals surface area contributed by atoms with Crippen molar-refractivity contribution < 1.29 is 4.79 Å². The van der Waals surface area contributed by atoms with Crippen LogP contribution in [0.4, 0.5) is 0 Å². The monoisotopic (exact) mass is 134 g/mol. The molecule has 0 saturated carbocycles. The van der Waals surface area contributed by atoms with Gasteiger partial charge in [0.2, 0.25) is 0 Å². The Hall–Kier alpha value is -1.29. The molecule has 0 unspecified atom stereocenters. The Morgan fingerprint density at radius 3 is 2.50 bits per heavy atom. The van der Waals surface area contributed by atoms with Crippen LogP contribution < -0.4 is 21.9 Å². The molecule has 0 aromatic carbocycles. The standard InChI is InChI=1S/C3N7/c4-1-2(6-5)3-7-9-10-8-3. The molecule has 0 amide bonds. The number of hydrogen-bond acceptors (Lipinski definition) is 1. The van der Waals surface area contributed by atoms with Crippen LogP contribution in [-0.2, 0) is 0 Å². The maximum atomic E-state index is 8.22. The van der Waals surface area contributed by atoms with Crippen molar-refractivity contribution in [1.82, 2.24) is 21.9 Å². The minimum Gasteiger partial charge on any atom is -0.360 e. The van der Waals surface area contributed by atoms with Gasteiger partial charge in [-0.05, 0) is 11.1 Å². The fourth-order valence-electron chi connectivity index (χ4n) is 0.357. The second-order valence-electron chi connectivity index (χ2n) is 1.26. The van der Waals surface area contributed by atoms with E-state index in [0.29, 0.717) is 0 Å². The molecule has 5 radical (unpaired) electrons. The summed E-state index contributed by atoms with van der Waals surface area (Å²) < 4.78 is 0. The van der Waals surface area contributed by atoms with Crippen LogP contribution in [0.5, 0.6) is 0 Å². The zero-order valence-electron chi connectivity index (χ0n) is 4.63. The Kier molecular flexibility index (Phi) is 2.07. The molecule has 1 rings (SSSR count). The van der Waals surface area contributed by atoms with Gasteiger partial charge in [-0.15, -0.1) is 0 Å². The van der Waals surface area contributed by atoms with E-state index in [2.05, 4.69) is 26.7 Å². The van der Waals surface area contributed by atoms with Crippen molar-refractivity contribution in [3.05, 3.63) is 11.7 Å². The van der Waals surface area contributed by atoms with E-state index in [-0.39, 0.29) is 11.9 Å². The summed E-state index contributed by atoms with van der Waals surface area (Å²) in [4.78, 5) is 2.60. The summed E-state index contributed by atoms with van der Waals surface area (Å²) in [6.07, 6.45) is -0.0787. The molecule has 7 nitrogen and oxygen atoms in total. The number of rotatable bonds is 1. The molecule has 1 fully saturated rings. The molecule has 7 heteroatoms. The lowest BCUT2D eigenvalue weighted by molar-refractivity contribution is -0.00498. The summed E-state index contributed by atoms with van der Waals surface area (Å²) in [5.41, 5.74) is 20.5. The van der Waals surface area contributed by atoms with E-state index in [1.54, 1.807) is 6.07 Å². The first-order chi connectivity index (χ1) is 4.88. The second kappa shape index (κ2) is 3.03. The molecule has 0 aromatic heterocycles. The summed E-state index contributed by atoms with van der Waals surface area (Å²) in [5, 5.41) is 8.22. The highest BCUT2D eigenvalue weighted by Crippen LogP contribution is 1.95. The van der Waals surface area contributed by atoms with Crippen molar-refractivity contribution in [3.63, 3.8) is 0 Å². The van der Waals surface area contributed by atoms with E-state index in [0.717, 1.165) is 0 Å². The van der Waals surface area contributed by atoms with Crippen LogP contribution in [0.15, 0.2) is 0 Å². The van der Waals surface area contributed by atoms with Crippen LogP contribution in [0, 0.1) is 17.5 Å². The van der Waals surface area contributed by atoms with E-state index in [9.17, 15) is 0 Å². The first-order valence-corrected chi connectivity index (χ1v) is 2.19. The molecule has 0 aromatic rings. The van der Waals surface area contributed by atoms with Crippen LogP contribution in [0.3, 0.4) is 0 Å². The molecular formula is C3N7. The Balaban J connectivity index is 2.64. The second-order valence-corrected chi connectivity index (χ2v) is 1.26. The van der Waals surface area contributed by atoms with E-state index >= 15 is 0 Å². The summed E-state index contributed by atoms with van der Waals surface area (Å²) in [6, 6.07) is 1.55. The number of nitrogens with zero attached hydrogens (tertiary/aromatic N) is 7. The zero-order chi connectivity index (χ0) is 7.40.